The van der Waals surface area contributed by atoms with E-state index in [0.29, 0.717) is 12.1 Å². The van der Waals surface area contributed by atoms with Gasteiger partial charge in [0.1, 0.15) is 0 Å². The van der Waals surface area contributed by atoms with Crippen molar-refractivity contribution < 1.29 is 13.2 Å². The maximum absolute atomic E-state index is 12.1. The Bertz CT molecular complexity index is 648. The summed E-state index contributed by atoms with van der Waals surface area (Å²) in [5.74, 6) is -0.157. The molecule has 2 atom stereocenters. The van der Waals surface area contributed by atoms with E-state index < -0.39 is 10.0 Å². The number of hydrogen-bond acceptors (Lipinski definition) is 4. The van der Waals surface area contributed by atoms with E-state index in [2.05, 4.69) is 10.0 Å². The number of sulfonamides is 1. The van der Waals surface area contributed by atoms with Crippen molar-refractivity contribution in [3.05, 3.63) is 23.2 Å². The summed E-state index contributed by atoms with van der Waals surface area (Å²) in [6.45, 7) is 0. The summed E-state index contributed by atoms with van der Waals surface area (Å²) in [6, 6.07) is 4.72. The van der Waals surface area contributed by atoms with Crippen molar-refractivity contribution in [3.8, 4) is 0 Å². The number of carbonyl (C=O) groups excluding carboxylic acids is 1. The van der Waals surface area contributed by atoms with Gasteiger partial charge in [-0.25, -0.2) is 8.42 Å². The molecule has 2 rings (SSSR count). The highest BCUT2D eigenvalue weighted by molar-refractivity contribution is 7.92. The lowest BCUT2D eigenvalue weighted by atomic mass is 10.1. The highest BCUT2D eigenvalue weighted by Gasteiger charge is 2.27. The van der Waals surface area contributed by atoms with Crippen LogP contribution in [0.1, 0.15) is 19.3 Å². The van der Waals surface area contributed by atoms with Crippen molar-refractivity contribution in [2.75, 3.05) is 16.3 Å². The molecule has 1 aliphatic carbocycles. The third kappa shape index (κ3) is 4.59. The first-order valence-corrected chi connectivity index (χ1v) is 8.85. The molecule has 1 aromatic carbocycles. The standard InChI is InChI=1S/C13H18ClN3O3S/c1-21(19,20)17-12-5-4-10(7-11(12)14)16-13(18)8-2-3-9(15)6-8/h4-5,7-9,17H,2-3,6,15H2,1H3,(H,16,18). The fraction of sp³-hybridized carbons (Fsp3) is 0.462. The second-order valence-corrected chi connectivity index (χ2v) is 7.48. The van der Waals surface area contributed by atoms with Crippen LogP contribution in [0.4, 0.5) is 11.4 Å². The summed E-state index contributed by atoms with van der Waals surface area (Å²) in [4.78, 5) is 12.1. The monoisotopic (exact) mass is 331 g/mol. The highest BCUT2D eigenvalue weighted by Crippen LogP contribution is 2.28. The Balaban J connectivity index is 2.05. The van der Waals surface area contributed by atoms with Crippen molar-refractivity contribution >= 4 is 38.9 Å². The number of rotatable bonds is 4. The number of amides is 1. The zero-order chi connectivity index (χ0) is 15.6. The van der Waals surface area contributed by atoms with E-state index in [0.717, 1.165) is 19.1 Å². The second kappa shape index (κ2) is 6.21. The Labute approximate surface area is 129 Å². The van der Waals surface area contributed by atoms with Crippen LogP contribution in [0.25, 0.3) is 0 Å². The predicted octanol–water partition coefficient (Wildman–Crippen LogP) is 1.78. The molecule has 0 saturated heterocycles. The molecular formula is C13H18ClN3O3S. The normalized spacial score (nSPS) is 22.0. The van der Waals surface area contributed by atoms with Crippen LogP contribution in [-0.2, 0) is 14.8 Å². The van der Waals surface area contributed by atoms with Gasteiger partial charge in [-0.05, 0) is 37.5 Å². The number of hydrogen-bond donors (Lipinski definition) is 3. The zero-order valence-corrected chi connectivity index (χ0v) is 13.2. The van der Waals surface area contributed by atoms with Crippen molar-refractivity contribution in [2.24, 2.45) is 11.7 Å². The van der Waals surface area contributed by atoms with Gasteiger partial charge < -0.3 is 11.1 Å². The summed E-state index contributed by atoms with van der Waals surface area (Å²) in [5, 5.41) is 3.00. The van der Waals surface area contributed by atoms with E-state index in [1.165, 1.54) is 12.1 Å². The fourth-order valence-electron chi connectivity index (χ4n) is 2.37. The van der Waals surface area contributed by atoms with Gasteiger partial charge in [-0.3, -0.25) is 9.52 Å². The van der Waals surface area contributed by atoms with Crippen molar-refractivity contribution in [2.45, 2.75) is 25.3 Å². The van der Waals surface area contributed by atoms with E-state index in [1.807, 2.05) is 0 Å². The number of nitrogens with two attached hydrogens (primary N) is 1. The molecule has 1 amide bonds. The van der Waals surface area contributed by atoms with Gasteiger partial charge in [0.05, 0.1) is 17.0 Å². The molecule has 4 N–H and O–H groups in total. The van der Waals surface area contributed by atoms with Gasteiger partial charge in [-0.15, -0.1) is 0 Å². The first-order chi connectivity index (χ1) is 9.74. The molecule has 0 aliphatic heterocycles. The molecule has 1 aliphatic rings. The van der Waals surface area contributed by atoms with Gasteiger partial charge in [-0.1, -0.05) is 11.6 Å². The van der Waals surface area contributed by atoms with Gasteiger partial charge >= 0.3 is 0 Å². The Morgan fingerprint density at radius 1 is 1.38 bits per heavy atom. The minimum atomic E-state index is -3.39. The summed E-state index contributed by atoms with van der Waals surface area (Å²) in [5.41, 5.74) is 6.60. The molecule has 6 nitrogen and oxygen atoms in total. The first kappa shape index (κ1) is 16.1. The van der Waals surface area contributed by atoms with Crippen molar-refractivity contribution in [1.29, 1.82) is 0 Å². The van der Waals surface area contributed by atoms with Gasteiger partial charge in [0.25, 0.3) is 0 Å². The molecule has 1 fully saturated rings. The van der Waals surface area contributed by atoms with Crippen molar-refractivity contribution in [3.63, 3.8) is 0 Å². The van der Waals surface area contributed by atoms with Gasteiger partial charge in [-0.2, -0.15) is 0 Å². The van der Waals surface area contributed by atoms with Crippen LogP contribution in [0.3, 0.4) is 0 Å². The summed E-state index contributed by atoms with van der Waals surface area (Å²) in [7, 11) is -3.39. The van der Waals surface area contributed by atoms with Crippen LogP contribution in [-0.4, -0.2) is 26.6 Å². The molecule has 1 saturated carbocycles. The SMILES string of the molecule is CS(=O)(=O)Nc1ccc(NC(=O)C2CCC(N)C2)cc1Cl. The molecular weight excluding hydrogens is 314 g/mol. The largest absolute Gasteiger partial charge is 0.328 e. The Morgan fingerprint density at radius 3 is 2.62 bits per heavy atom. The van der Waals surface area contributed by atoms with Crippen LogP contribution in [0, 0.1) is 5.92 Å². The third-order valence-electron chi connectivity index (χ3n) is 3.38. The lowest BCUT2D eigenvalue weighted by molar-refractivity contribution is -0.119. The molecule has 2 unspecified atom stereocenters. The maximum Gasteiger partial charge on any atom is 0.229 e. The molecule has 8 heteroatoms. The molecule has 0 bridgehead atoms. The molecule has 0 aromatic heterocycles. The number of halogens is 1. The Morgan fingerprint density at radius 2 is 2.10 bits per heavy atom. The Hall–Kier alpha value is -1.31. The molecule has 1 aromatic rings. The van der Waals surface area contributed by atoms with E-state index >= 15 is 0 Å². The number of benzene rings is 1. The van der Waals surface area contributed by atoms with Gasteiger partial charge in [0.2, 0.25) is 15.9 Å². The zero-order valence-electron chi connectivity index (χ0n) is 11.6. The quantitative estimate of drug-likeness (QED) is 0.782. The molecule has 116 valence electrons. The van der Waals surface area contributed by atoms with Crippen LogP contribution < -0.4 is 15.8 Å². The van der Waals surface area contributed by atoms with Gasteiger partial charge in [0, 0.05) is 17.6 Å². The Kier molecular flexibility index (Phi) is 4.75. The van der Waals surface area contributed by atoms with E-state index in [9.17, 15) is 13.2 Å². The lowest BCUT2D eigenvalue weighted by Crippen LogP contribution is -2.23. The average Bonchev–Trinajstić information content (AvgIpc) is 2.78. The smallest absolute Gasteiger partial charge is 0.229 e. The first-order valence-electron chi connectivity index (χ1n) is 6.58. The van der Waals surface area contributed by atoms with E-state index in [4.69, 9.17) is 17.3 Å². The molecule has 0 spiro atoms. The van der Waals surface area contributed by atoms with Crippen LogP contribution in [0.15, 0.2) is 18.2 Å². The molecule has 0 radical (unpaired) electrons. The van der Waals surface area contributed by atoms with Crippen molar-refractivity contribution in [1.82, 2.24) is 0 Å². The minimum Gasteiger partial charge on any atom is -0.328 e. The van der Waals surface area contributed by atoms with Crippen LogP contribution >= 0.6 is 11.6 Å². The topological polar surface area (TPSA) is 101 Å². The minimum absolute atomic E-state index is 0.0763. The molecule has 0 heterocycles. The van der Waals surface area contributed by atoms with Crippen LogP contribution in [0.2, 0.25) is 5.02 Å². The van der Waals surface area contributed by atoms with E-state index in [1.54, 1.807) is 6.07 Å². The second-order valence-electron chi connectivity index (χ2n) is 5.33. The summed E-state index contributed by atoms with van der Waals surface area (Å²) >= 11 is 6.00. The van der Waals surface area contributed by atoms with Crippen LogP contribution in [0.5, 0.6) is 0 Å². The van der Waals surface area contributed by atoms with E-state index in [-0.39, 0.29) is 28.6 Å². The summed E-state index contributed by atoms with van der Waals surface area (Å²) in [6.07, 6.45) is 3.38. The summed E-state index contributed by atoms with van der Waals surface area (Å²) < 4.78 is 24.6. The fourth-order valence-corrected chi connectivity index (χ4v) is 3.24. The number of carbonyl (C=O) groups is 1. The predicted molar refractivity (Wildman–Crippen MR) is 83.9 cm³/mol. The third-order valence-corrected chi connectivity index (χ3v) is 4.28. The van der Waals surface area contributed by atoms with Gasteiger partial charge in [0.15, 0.2) is 0 Å². The maximum atomic E-state index is 12.1. The average molecular weight is 332 g/mol. The molecule has 21 heavy (non-hydrogen) atoms. The number of nitrogens with one attached hydrogen (secondary N) is 2. The lowest BCUT2D eigenvalue weighted by Gasteiger charge is -2.12. The highest BCUT2D eigenvalue weighted by atomic mass is 35.5. The number of anilines is 2.